The molecule has 24 heavy (non-hydrogen) atoms. The van der Waals surface area contributed by atoms with Gasteiger partial charge in [0.15, 0.2) is 0 Å². The fourth-order valence-electron chi connectivity index (χ4n) is 1.95. The van der Waals surface area contributed by atoms with Gasteiger partial charge < -0.3 is 9.47 Å². The molecule has 2 rings (SSSR count). The van der Waals surface area contributed by atoms with Crippen molar-refractivity contribution in [1.82, 2.24) is 4.83 Å². The molecule has 6 nitrogen and oxygen atoms in total. The summed E-state index contributed by atoms with van der Waals surface area (Å²) >= 11 is 5.86. The van der Waals surface area contributed by atoms with Gasteiger partial charge in [0.25, 0.3) is 10.0 Å². The highest BCUT2D eigenvalue weighted by atomic mass is 35.5. The molecular formula is C16H17ClN2O4S. The molecule has 0 radical (unpaired) electrons. The number of halogens is 1. The fourth-order valence-corrected chi connectivity index (χ4v) is 3.17. The maximum atomic E-state index is 12.4. The summed E-state index contributed by atoms with van der Waals surface area (Å²) in [6.45, 7) is 2.36. The van der Waals surface area contributed by atoms with E-state index >= 15 is 0 Å². The van der Waals surface area contributed by atoms with Crippen LogP contribution in [0.2, 0.25) is 5.02 Å². The Balaban J connectivity index is 2.24. The van der Waals surface area contributed by atoms with Crippen LogP contribution in [0.1, 0.15) is 12.5 Å². The number of nitrogens with zero attached hydrogens (tertiary/aromatic N) is 1. The zero-order valence-corrected chi connectivity index (χ0v) is 14.8. The molecule has 2 aromatic carbocycles. The lowest BCUT2D eigenvalue weighted by atomic mass is 10.2. The van der Waals surface area contributed by atoms with Crippen molar-refractivity contribution in [3.63, 3.8) is 0 Å². The van der Waals surface area contributed by atoms with Crippen molar-refractivity contribution in [2.24, 2.45) is 5.10 Å². The van der Waals surface area contributed by atoms with Crippen molar-refractivity contribution >= 4 is 27.8 Å². The van der Waals surface area contributed by atoms with E-state index in [1.165, 1.54) is 25.5 Å². The Morgan fingerprint density at radius 3 is 2.67 bits per heavy atom. The number of ether oxygens (including phenoxy) is 2. The Bertz CT molecular complexity index is 838. The molecular weight excluding hydrogens is 352 g/mol. The van der Waals surface area contributed by atoms with Gasteiger partial charge in [0.1, 0.15) is 16.4 Å². The van der Waals surface area contributed by atoms with Crippen LogP contribution in [-0.2, 0) is 10.0 Å². The van der Waals surface area contributed by atoms with Gasteiger partial charge in [-0.25, -0.2) is 0 Å². The Morgan fingerprint density at radius 1 is 1.21 bits per heavy atom. The summed E-state index contributed by atoms with van der Waals surface area (Å²) in [7, 11) is -2.54. The molecule has 128 valence electrons. The third-order valence-electron chi connectivity index (χ3n) is 3.01. The van der Waals surface area contributed by atoms with E-state index in [-0.39, 0.29) is 15.7 Å². The van der Waals surface area contributed by atoms with Crippen LogP contribution >= 0.6 is 11.6 Å². The van der Waals surface area contributed by atoms with E-state index in [2.05, 4.69) is 9.93 Å². The van der Waals surface area contributed by atoms with E-state index in [9.17, 15) is 8.42 Å². The summed E-state index contributed by atoms with van der Waals surface area (Å²) in [6.07, 6.45) is 1.37. The van der Waals surface area contributed by atoms with Crippen LogP contribution in [0.15, 0.2) is 52.5 Å². The van der Waals surface area contributed by atoms with Gasteiger partial charge >= 0.3 is 0 Å². The van der Waals surface area contributed by atoms with E-state index < -0.39 is 10.0 Å². The molecule has 0 fully saturated rings. The van der Waals surface area contributed by atoms with Crippen LogP contribution in [-0.4, -0.2) is 28.3 Å². The summed E-state index contributed by atoms with van der Waals surface area (Å²) < 4.78 is 35.2. The van der Waals surface area contributed by atoms with E-state index in [1.807, 2.05) is 13.0 Å². The lowest BCUT2D eigenvalue weighted by Crippen LogP contribution is -2.19. The zero-order chi connectivity index (χ0) is 17.6. The van der Waals surface area contributed by atoms with Gasteiger partial charge in [-0.05, 0) is 37.3 Å². The molecule has 0 amide bonds. The molecule has 2 aromatic rings. The topological polar surface area (TPSA) is 77.0 Å². The van der Waals surface area contributed by atoms with Gasteiger partial charge in [-0.3, -0.25) is 0 Å². The van der Waals surface area contributed by atoms with Crippen molar-refractivity contribution in [3.05, 3.63) is 53.1 Å². The second-order valence-corrected chi connectivity index (χ2v) is 6.68. The summed E-state index contributed by atoms with van der Waals surface area (Å²) in [5.41, 5.74) is 0.653. The number of methoxy groups -OCH3 is 1. The minimum Gasteiger partial charge on any atom is -0.495 e. The summed E-state index contributed by atoms with van der Waals surface area (Å²) in [6, 6.07) is 11.5. The van der Waals surface area contributed by atoms with Gasteiger partial charge in [-0.2, -0.15) is 18.4 Å². The largest absolute Gasteiger partial charge is 0.495 e. The lowest BCUT2D eigenvalue weighted by Gasteiger charge is -2.09. The maximum Gasteiger partial charge on any atom is 0.280 e. The predicted octanol–water partition coefficient (Wildman–Crippen LogP) is 3.06. The van der Waals surface area contributed by atoms with Crippen LogP contribution in [0.4, 0.5) is 0 Å². The fraction of sp³-hybridized carbons (Fsp3) is 0.188. The lowest BCUT2D eigenvalue weighted by molar-refractivity contribution is 0.340. The Kier molecular flexibility index (Phi) is 6.05. The van der Waals surface area contributed by atoms with Gasteiger partial charge in [-0.15, -0.1) is 0 Å². The second-order valence-electron chi connectivity index (χ2n) is 4.62. The summed E-state index contributed by atoms with van der Waals surface area (Å²) in [5.74, 6) is 0.792. The summed E-state index contributed by atoms with van der Waals surface area (Å²) in [5, 5.41) is 4.08. The molecule has 0 aliphatic heterocycles. The number of sulfonamides is 1. The Labute approximate surface area is 146 Å². The van der Waals surface area contributed by atoms with Crippen LogP contribution in [0, 0.1) is 0 Å². The maximum absolute atomic E-state index is 12.4. The normalized spacial score (nSPS) is 11.5. The highest BCUT2D eigenvalue weighted by Crippen LogP contribution is 2.26. The highest BCUT2D eigenvalue weighted by molar-refractivity contribution is 7.89. The Hall–Kier alpha value is -2.25. The number of nitrogens with one attached hydrogen (secondary N) is 1. The first-order chi connectivity index (χ1) is 11.5. The molecule has 1 N–H and O–H groups in total. The molecule has 0 saturated carbocycles. The number of hydrogen-bond donors (Lipinski definition) is 1. The van der Waals surface area contributed by atoms with Crippen molar-refractivity contribution < 1.29 is 17.9 Å². The van der Waals surface area contributed by atoms with E-state index in [1.54, 1.807) is 24.3 Å². The molecule has 0 aliphatic carbocycles. The molecule has 0 saturated heterocycles. The quantitative estimate of drug-likeness (QED) is 0.602. The minimum atomic E-state index is -3.92. The van der Waals surface area contributed by atoms with Gasteiger partial charge in [0, 0.05) is 10.6 Å². The number of rotatable bonds is 7. The first-order valence-corrected chi connectivity index (χ1v) is 8.94. The first kappa shape index (κ1) is 18.1. The number of benzene rings is 2. The molecule has 8 heteroatoms. The van der Waals surface area contributed by atoms with Crippen LogP contribution in [0.25, 0.3) is 0 Å². The van der Waals surface area contributed by atoms with Crippen molar-refractivity contribution in [2.75, 3.05) is 13.7 Å². The number of hydrazone groups is 1. The molecule has 0 unspecified atom stereocenters. The predicted molar refractivity (Wildman–Crippen MR) is 93.5 cm³/mol. The van der Waals surface area contributed by atoms with E-state index in [0.717, 1.165) is 0 Å². The zero-order valence-electron chi connectivity index (χ0n) is 13.2. The van der Waals surface area contributed by atoms with Gasteiger partial charge in [-0.1, -0.05) is 23.7 Å². The van der Waals surface area contributed by atoms with Crippen LogP contribution in [0.3, 0.4) is 0 Å². The third-order valence-corrected chi connectivity index (χ3v) is 4.49. The third kappa shape index (κ3) is 4.39. The van der Waals surface area contributed by atoms with Crippen molar-refractivity contribution in [3.8, 4) is 11.5 Å². The first-order valence-electron chi connectivity index (χ1n) is 7.08. The SMILES string of the molecule is CCOc1ccccc1/C=N/NS(=O)(=O)c1cc(Cl)ccc1OC. The Morgan fingerprint density at radius 2 is 1.96 bits per heavy atom. The van der Waals surface area contributed by atoms with Crippen LogP contribution < -0.4 is 14.3 Å². The molecule has 0 atom stereocenters. The smallest absolute Gasteiger partial charge is 0.280 e. The molecule has 0 spiro atoms. The molecule has 0 bridgehead atoms. The summed E-state index contributed by atoms with van der Waals surface area (Å²) in [4.78, 5) is 2.05. The average molecular weight is 369 g/mol. The van der Waals surface area contributed by atoms with Gasteiger partial charge in [0.05, 0.1) is 19.9 Å². The number of hydrogen-bond acceptors (Lipinski definition) is 5. The molecule has 0 aromatic heterocycles. The van der Waals surface area contributed by atoms with Crippen LogP contribution in [0.5, 0.6) is 11.5 Å². The van der Waals surface area contributed by atoms with Crippen molar-refractivity contribution in [2.45, 2.75) is 11.8 Å². The van der Waals surface area contributed by atoms with E-state index in [0.29, 0.717) is 17.9 Å². The second kappa shape index (κ2) is 8.03. The highest BCUT2D eigenvalue weighted by Gasteiger charge is 2.19. The monoisotopic (exact) mass is 368 g/mol. The molecule has 0 aliphatic rings. The van der Waals surface area contributed by atoms with E-state index in [4.69, 9.17) is 21.1 Å². The van der Waals surface area contributed by atoms with Gasteiger partial charge in [0.2, 0.25) is 0 Å². The number of para-hydroxylation sites is 1. The van der Waals surface area contributed by atoms with Crippen molar-refractivity contribution in [1.29, 1.82) is 0 Å². The standard InChI is InChI=1S/C16H17ClN2O4S/c1-3-23-14-7-5-4-6-12(14)11-18-19-24(20,21)16-10-13(17)8-9-15(16)22-2/h4-11,19H,3H2,1-2H3/b18-11+. The average Bonchev–Trinajstić information content (AvgIpc) is 2.56. The minimum absolute atomic E-state index is 0.0901. The molecule has 0 heterocycles.